The molecular formula is C22H20N4O3S. The molecule has 0 fully saturated rings. The van der Waals surface area contributed by atoms with Crippen molar-refractivity contribution in [1.29, 1.82) is 0 Å². The van der Waals surface area contributed by atoms with Crippen LogP contribution < -0.4 is 10.0 Å². The number of amides is 1. The first-order chi connectivity index (χ1) is 14.5. The summed E-state index contributed by atoms with van der Waals surface area (Å²) in [5.74, 6) is -0.249. The second-order valence-corrected chi connectivity index (χ2v) is 8.41. The van der Waals surface area contributed by atoms with Crippen LogP contribution in [0.25, 0.3) is 10.9 Å². The maximum Gasteiger partial charge on any atom is 0.261 e. The van der Waals surface area contributed by atoms with Crippen molar-refractivity contribution in [2.24, 2.45) is 0 Å². The molecule has 0 saturated heterocycles. The van der Waals surface area contributed by atoms with Gasteiger partial charge >= 0.3 is 0 Å². The molecule has 0 saturated carbocycles. The van der Waals surface area contributed by atoms with Crippen molar-refractivity contribution in [2.45, 2.75) is 11.3 Å². The fraction of sp³-hybridized carbons (Fsp3) is 0.0909. The Balaban J connectivity index is 1.37. The summed E-state index contributed by atoms with van der Waals surface area (Å²) in [6.45, 7) is 0.477. The Kier molecular flexibility index (Phi) is 5.49. The fourth-order valence-corrected chi connectivity index (χ4v) is 4.23. The fourth-order valence-electron chi connectivity index (χ4n) is 3.17. The van der Waals surface area contributed by atoms with Gasteiger partial charge in [0.2, 0.25) is 0 Å². The molecule has 8 heteroatoms. The number of H-pyrrole nitrogens is 1. The number of hydrogen-bond acceptors (Lipinski definition) is 4. The first-order valence-corrected chi connectivity index (χ1v) is 10.9. The van der Waals surface area contributed by atoms with Crippen molar-refractivity contribution in [3.8, 4) is 0 Å². The molecule has 2 heterocycles. The number of nitrogens with one attached hydrogen (secondary N) is 3. The molecule has 0 aliphatic rings. The van der Waals surface area contributed by atoms with Crippen LogP contribution in [0.3, 0.4) is 0 Å². The minimum Gasteiger partial charge on any atom is -0.361 e. The molecule has 0 unspecified atom stereocenters. The van der Waals surface area contributed by atoms with E-state index in [1.165, 1.54) is 36.7 Å². The number of para-hydroxylation sites is 1. The first-order valence-electron chi connectivity index (χ1n) is 9.39. The van der Waals surface area contributed by atoms with Gasteiger partial charge in [0.25, 0.3) is 15.9 Å². The summed E-state index contributed by atoms with van der Waals surface area (Å²) >= 11 is 0. The summed E-state index contributed by atoms with van der Waals surface area (Å²) in [6.07, 6.45) is 5.65. The standard InChI is InChI=1S/C22H20N4O3S/c27-22(24-14-9-17-15-25-21-4-2-1-3-20(17)21)16-5-7-19(8-6-16)30(28,29)26-18-10-12-23-13-11-18/h1-8,10-13,15,25H,9,14H2,(H,23,26)(H,24,27). The average molecular weight is 420 g/mol. The highest BCUT2D eigenvalue weighted by Crippen LogP contribution is 2.18. The van der Waals surface area contributed by atoms with Crippen LogP contribution >= 0.6 is 0 Å². The smallest absolute Gasteiger partial charge is 0.261 e. The quantitative estimate of drug-likeness (QED) is 0.427. The second kappa shape index (κ2) is 8.38. The van der Waals surface area contributed by atoms with E-state index in [0.29, 0.717) is 24.2 Å². The third-order valence-corrected chi connectivity index (χ3v) is 6.11. The number of aromatic amines is 1. The van der Waals surface area contributed by atoms with Crippen LogP contribution in [0.5, 0.6) is 0 Å². The number of fused-ring (bicyclic) bond motifs is 1. The van der Waals surface area contributed by atoms with Crippen LogP contribution in [-0.2, 0) is 16.4 Å². The molecule has 3 N–H and O–H groups in total. The van der Waals surface area contributed by atoms with Gasteiger partial charge in [-0.3, -0.25) is 14.5 Å². The van der Waals surface area contributed by atoms with Crippen molar-refractivity contribution < 1.29 is 13.2 Å². The Labute approximate surface area is 174 Å². The zero-order valence-electron chi connectivity index (χ0n) is 16.0. The minimum absolute atomic E-state index is 0.0784. The highest BCUT2D eigenvalue weighted by molar-refractivity contribution is 7.92. The predicted octanol–water partition coefficient (Wildman–Crippen LogP) is 3.34. The highest BCUT2D eigenvalue weighted by atomic mass is 32.2. The molecule has 0 aliphatic carbocycles. The van der Waals surface area contributed by atoms with Crippen LogP contribution in [0, 0.1) is 0 Å². The Morgan fingerprint density at radius 3 is 2.47 bits per heavy atom. The molecule has 2 aromatic heterocycles. The molecule has 152 valence electrons. The number of rotatable bonds is 7. The van der Waals surface area contributed by atoms with E-state index in [0.717, 1.165) is 16.5 Å². The lowest BCUT2D eigenvalue weighted by molar-refractivity contribution is 0.0954. The van der Waals surface area contributed by atoms with E-state index < -0.39 is 10.0 Å². The summed E-state index contributed by atoms with van der Waals surface area (Å²) in [7, 11) is -3.74. The number of pyridine rings is 1. The lowest BCUT2D eigenvalue weighted by atomic mass is 10.1. The summed E-state index contributed by atoms with van der Waals surface area (Å²) in [6, 6.07) is 17.0. The van der Waals surface area contributed by atoms with E-state index in [4.69, 9.17) is 0 Å². The summed E-state index contributed by atoms with van der Waals surface area (Å²) in [5, 5.41) is 4.02. The molecule has 4 rings (SSSR count). The number of aromatic nitrogens is 2. The number of anilines is 1. The summed E-state index contributed by atoms with van der Waals surface area (Å²) < 4.78 is 27.4. The zero-order valence-corrected chi connectivity index (χ0v) is 16.8. The number of hydrogen-bond donors (Lipinski definition) is 3. The molecule has 0 spiro atoms. The molecule has 0 aliphatic heterocycles. The molecule has 2 aromatic carbocycles. The first kappa shape index (κ1) is 19.7. The molecule has 0 atom stereocenters. The van der Waals surface area contributed by atoms with Crippen molar-refractivity contribution >= 4 is 32.5 Å². The molecule has 0 radical (unpaired) electrons. The number of carbonyl (C=O) groups excluding carboxylic acids is 1. The summed E-state index contributed by atoms with van der Waals surface area (Å²) in [5.41, 5.74) is 3.02. The normalized spacial score (nSPS) is 11.3. The monoisotopic (exact) mass is 420 g/mol. The number of benzene rings is 2. The van der Waals surface area contributed by atoms with Gasteiger partial charge in [-0.1, -0.05) is 18.2 Å². The third-order valence-electron chi connectivity index (χ3n) is 4.71. The third kappa shape index (κ3) is 4.33. The van der Waals surface area contributed by atoms with Gasteiger partial charge < -0.3 is 10.3 Å². The summed E-state index contributed by atoms with van der Waals surface area (Å²) in [4.78, 5) is 19.5. The molecule has 0 bridgehead atoms. The van der Waals surface area contributed by atoms with Gasteiger partial charge in [0.15, 0.2) is 0 Å². The van der Waals surface area contributed by atoms with Gasteiger partial charge in [0.05, 0.1) is 10.6 Å². The maximum atomic E-state index is 12.5. The van der Waals surface area contributed by atoms with Crippen molar-refractivity contribution in [3.05, 3.63) is 90.4 Å². The van der Waals surface area contributed by atoms with Crippen LogP contribution in [0.4, 0.5) is 5.69 Å². The molecular weight excluding hydrogens is 400 g/mol. The zero-order chi connectivity index (χ0) is 21.0. The van der Waals surface area contributed by atoms with Crippen molar-refractivity contribution in [3.63, 3.8) is 0 Å². The van der Waals surface area contributed by atoms with Gasteiger partial charge in [-0.05, 0) is 54.4 Å². The van der Waals surface area contributed by atoms with E-state index >= 15 is 0 Å². The van der Waals surface area contributed by atoms with Gasteiger partial charge in [-0.25, -0.2) is 8.42 Å². The Hall–Kier alpha value is -3.65. The van der Waals surface area contributed by atoms with E-state index in [1.54, 1.807) is 12.1 Å². The number of carbonyl (C=O) groups is 1. The van der Waals surface area contributed by atoms with Crippen LogP contribution in [0.1, 0.15) is 15.9 Å². The SMILES string of the molecule is O=C(NCCc1c[nH]c2ccccc12)c1ccc(S(=O)(=O)Nc2ccncc2)cc1. The van der Waals surface area contributed by atoms with Gasteiger partial charge in [0, 0.05) is 41.6 Å². The number of sulfonamides is 1. The number of nitrogens with zero attached hydrogens (tertiary/aromatic N) is 1. The van der Waals surface area contributed by atoms with E-state index in [2.05, 4.69) is 20.0 Å². The minimum atomic E-state index is -3.74. The molecule has 7 nitrogen and oxygen atoms in total. The highest BCUT2D eigenvalue weighted by Gasteiger charge is 2.15. The molecule has 1 amide bonds. The Morgan fingerprint density at radius 1 is 0.967 bits per heavy atom. The lowest BCUT2D eigenvalue weighted by Crippen LogP contribution is -2.25. The van der Waals surface area contributed by atoms with E-state index in [1.807, 2.05) is 30.5 Å². The predicted molar refractivity (Wildman–Crippen MR) is 116 cm³/mol. The van der Waals surface area contributed by atoms with Crippen molar-refractivity contribution in [2.75, 3.05) is 11.3 Å². The second-order valence-electron chi connectivity index (χ2n) is 6.73. The van der Waals surface area contributed by atoms with Crippen LogP contribution in [-0.4, -0.2) is 30.8 Å². The lowest BCUT2D eigenvalue weighted by Gasteiger charge is -2.09. The Morgan fingerprint density at radius 2 is 1.70 bits per heavy atom. The van der Waals surface area contributed by atoms with Gasteiger partial charge in [0.1, 0.15) is 0 Å². The topological polar surface area (TPSA) is 104 Å². The average Bonchev–Trinajstić information content (AvgIpc) is 3.17. The maximum absolute atomic E-state index is 12.5. The largest absolute Gasteiger partial charge is 0.361 e. The van der Waals surface area contributed by atoms with Crippen LogP contribution in [0.2, 0.25) is 0 Å². The van der Waals surface area contributed by atoms with Gasteiger partial charge in [-0.2, -0.15) is 0 Å². The van der Waals surface area contributed by atoms with Gasteiger partial charge in [-0.15, -0.1) is 0 Å². The van der Waals surface area contributed by atoms with E-state index in [9.17, 15) is 13.2 Å². The van der Waals surface area contributed by atoms with Crippen LogP contribution in [0.15, 0.2) is 84.1 Å². The Bertz CT molecular complexity index is 1270. The van der Waals surface area contributed by atoms with Crippen molar-refractivity contribution in [1.82, 2.24) is 15.3 Å². The van der Waals surface area contributed by atoms with E-state index in [-0.39, 0.29) is 10.8 Å². The molecule has 4 aromatic rings. The molecule has 30 heavy (non-hydrogen) atoms.